The SMILES string of the molecule is Oc1c(COCc2cc(OCc3cc(OCc4ccccc4)cc(OCc4ccccc4)c3)cc(OCc3cc(OCc4ccccc4)cc(OCc4ccccc4)c3)c2)cc2ccccc2c1-c1c(O)c(COCc2cc(OCc3cc(OCc4ccccc4)cc(OCc4ccccc4)c3)cc(OCc3cc(OCc4ccccc4)cc(OCc4ccccc4)c3)c2)cc2ccccc12. The molecule has 0 saturated heterocycles. The Balaban J connectivity index is 0.624. The van der Waals surface area contributed by atoms with Crippen molar-refractivity contribution in [3.63, 3.8) is 0 Å². The minimum atomic E-state index is -0.0587. The molecule has 16 nitrogen and oxygen atoms in total. The number of aromatic hydroxyl groups is 2. The topological polar surface area (TPSA) is 170 Å². The number of benzene rings is 18. The number of hydrogen-bond acceptors (Lipinski definition) is 16. The molecule has 0 amide bonds. The first-order valence-corrected chi connectivity index (χ1v) is 45.4. The summed E-state index contributed by atoms with van der Waals surface area (Å²) in [5.41, 5.74) is 14.7. The minimum Gasteiger partial charge on any atom is -0.507 e. The van der Waals surface area contributed by atoms with Gasteiger partial charge in [-0.2, -0.15) is 0 Å². The van der Waals surface area contributed by atoms with Crippen LogP contribution in [0.5, 0.6) is 80.5 Å². The third-order valence-electron chi connectivity index (χ3n) is 22.8. The zero-order chi connectivity index (χ0) is 92.1. The summed E-state index contributed by atoms with van der Waals surface area (Å²) in [4.78, 5) is 0. The summed E-state index contributed by atoms with van der Waals surface area (Å²) in [5, 5.41) is 29.2. The summed E-state index contributed by atoms with van der Waals surface area (Å²) in [5.74, 6) is 6.89. The Kier molecular flexibility index (Phi) is 30.2. The molecule has 0 saturated carbocycles. The van der Waals surface area contributed by atoms with E-state index in [0.717, 1.165) is 88.7 Å². The van der Waals surface area contributed by atoms with Crippen molar-refractivity contribution in [2.45, 2.75) is 106 Å². The zero-order valence-corrected chi connectivity index (χ0v) is 75.2. The number of rotatable bonds is 45. The molecule has 18 rings (SSSR count). The fraction of sp³-hybridized carbons (Fsp3) is 0.133. The second-order valence-corrected chi connectivity index (χ2v) is 33.2. The lowest BCUT2D eigenvalue weighted by molar-refractivity contribution is 0.105. The molecular formula is C120H102O16. The van der Waals surface area contributed by atoms with Crippen LogP contribution in [0.2, 0.25) is 0 Å². The zero-order valence-electron chi connectivity index (χ0n) is 75.2. The molecule has 0 aliphatic carbocycles. The van der Waals surface area contributed by atoms with E-state index in [1.807, 2.05) is 413 Å². The maximum Gasteiger partial charge on any atom is 0.129 e. The summed E-state index contributed by atoms with van der Waals surface area (Å²) in [6.07, 6.45) is 0. The number of ether oxygens (including phenoxy) is 14. The van der Waals surface area contributed by atoms with Crippen molar-refractivity contribution in [3.05, 3.63) is 502 Å². The molecule has 0 spiro atoms. The van der Waals surface area contributed by atoms with Crippen LogP contribution in [0.25, 0.3) is 32.7 Å². The van der Waals surface area contributed by atoms with E-state index >= 15 is 0 Å². The summed E-state index contributed by atoms with van der Waals surface area (Å²) in [7, 11) is 0. The van der Waals surface area contributed by atoms with Gasteiger partial charge in [0.05, 0.1) is 26.4 Å². The maximum absolute atomic E-state index is 13.1. The molecule has 0 heterocycles. The van der Waals surface area contributed by atoms with Crippen molar-refractivity contribution >= 4 is 21.5 Å². The van der Waals surface area contributed by atoms with Gasteiger partial charge in [0.25, 0.3) is 0 Å². The van der Waals surface area contributed by atoms with Crippen molar-refractivity contribution in [2.75, 3.05) is 0 Å². The van der Waals surface area contributed by atoms with Gasteiger partial charge in [-0.3, -0.25) is 0 Å². The monoisotopic (exact) mass is 1800 g/mol. The first-order chi connectivity index (χ1) is 67.1. The third kappa shape index (κ3) is 25.7. The highest BCUT2D eigenvalue weighted by Gasteiger charge is 2.24. The predicted molar refractivity (Wildman–Crippen MR) is 529 cm³/mol. The van der Waals surface area contributed by atoms with Gasteiger partial charge in [-0.1, -0.05) is 291 Å². The van der Waals surface area contributed by atoms with E-state index in [9.17, 15) is 10.2 Å². The predicted octanol–water partition coefficient (Wildman–Crippen LogP) is 27.5. The van der Waals surface area contributed by atoms with Crippen molar-refractivity contribution in [1.29, 1.82) is 0 Å². The van der Waals surface area contributed by atoms with Gasteiger partial charge in [0.2, 0.25) is 0 Å². The molecule has 0 atom stereocenters. The van der Waals surface area contributed by atoms with E-state index in [1.165, 1.54) is 0 Å². The van der Waals surface area contributed by atoms with Crippen molar-refractivity contribution in [3.8, 4) is 91.6 Å². The van der Waals surface area contributed by atoms with Gasteiger partial charge in [-0.25, -0.2) is 0 Å². The Morgan fingerprint density at radius 1 is 0.140 bits per heavy atom. The van der Waals surface area contributed by atoms with Crippen LogP contribution in [0, 0.1) is 0 Å². The average Bonchev–Trinajstić information content (AvgIpc) is 0.741. The Morgan fingerprint density at radius 3 is 0.478 bits per heavy atom. The van der Waals surface area contributed by atoms with Gasteiger partial charge in [-0.15, -0.1) is 0 Å². The van der Waals surface area contributed by atoms with Crippen molar-refractivity contribution < 1.29 is 76.5 Å². The lowest BCUT2D eigenvalue weighted by Gasteiger charge is -2.19. The standard InChI is InChI=1S/C120H102O16/c121-119-101(83-123-69-93-49-103(133-79-95-53-107(125-71-85-29-9-1-10-30-85)65-108(54-95)126-72-86-31-11-2-12-32-86)63-104(50-93)134-80-96-55-109(127-73-87-33-13-3-14-34-87)66-110(56-96)128-74-88-35-15-4-16-36-88)61-99-45-25-27-47-115(99)117(119)118-116-48-28-26-46-100(116)62-102(120(118)122)84-124-70-94-51-105(135-81-97-57-111(129-75-89-37-17-5-18-38-89)67-112(58-97)130-76-90-39-19-6-20-40-90)64-106(52-94)136-82-98-59-113(131-77-91-41-21-7-22-42-91)68-114(60-98)132-78-92-43-23-8-24-44-92/h1-68,121-122H,69-84H2. The fourth-order valence-corrected chi connectivity index (χ4v) is 16.0. The molecule has 18 aromatic rings. The Bertz CT molecular complexity index is 5960. The van der Waals surface area contributed by atoms with Gasteiger partial charge in [0, 0.05) is 58.7 Å². The van der Waals surface area contributed by atoms with Crippen LogP contribution in [0.1, 0.15) is 89.0 Å². The molecule has 136 heavy (non-hydrogen) atoms. The molecule has 678 valence electrons. The molecule has 0 bridgehead atoms. The highest BCUT2D eigenvalue weighted by Crippen LogP contribution is 2.49. The van der Waals surface area contributed by atoms with Crippen LogP contribution >= 0.6 is 0 Å². The van der Waals surface area contributed by atoms with Gasteiger partial charge >= 0.3 is 0 Å². The number of phenolic OH excluding ortho intramolecular Hbond substituents is 2. The van der Waals surface area contributed by atoms with Crippen LogP contribution < -0.4 is 56.8 Å². The summed E-state index contributed by atoms with van der Waals surface area (Å²) in [6.45, 7) is 3.42. The Labute approximate surface area is 792 Å². The second kappa shape index (κ2) is 45.6. The van der Waals surface area contributed by atoms with E-state index < -0.39 is 0 Å². The van der Waals surface area contributed by atoms with Crippen molar-refractivity contribution in [2.24, 2.45) is 0 Å². The molecule has 0 fully saturated rings. The molecule has 0 aromatic heterocycles. The van der Waals surface area contributed by atoms with Crippen LogP contribution in [-0.4, -0.2) is 10.2 Å². The van der Waals surface area contributed by atoms with E-state index in [4.69, 9.17) is 66.3 Å². The van der Waals surface area contributed by atoms with Gasteiger partial charge in [0.1, 0.15) is 160 Å². The Morgan fingerprint density at radius 2 is 0.294 bits per heavy atom. The largest absolute Gasteiger partial charge is 0.507 e. The molecule has 16 heteroatoms. The molecule has 0 aliphatic heterocycles. The number of fused-ring (bicyclic) bond motifs is 2. The van der Waals surface area contributed by atoms with E-state index in [2.05, 4.69) is 0 Å². The first-order valence-electron chi connectivity index (χ1n) is 45.4. The number of phenols is 2. The fourth-order valence-electron chi connectivity index (χ4n) is 16.0. The van der Waals surface area contributed by atoms with E-state index in [0.29, 0.717) is 155 Å². The second-order valence-electron chi connectivity index (χ2n) is 33.2. The maximum atomic E-state index is 13.1. The lowest BCUT2D eigenvalue weighted by Crippen LogP contribution is -2.03. The molecule has 18 aromatic carbocycles. The summed E-state index contributed by atoms with van der Waals surface area (Å²) >= 11 is 0. The summed E-state index contributed by atoms with van der Waals surface area (Å²) < 4.78 is 92.2. The molecule has 0 aliphatic rings. The van der Waals surface area contributed by atoms with Crippen LogP contribution in [0.15, 0.2) is 413 Å². The average molecular weight is 1800 g/mol. The highest BCUT2D eigenvalue weighted by atomic mass is 16.5. The van der Waals surface area contributed by atoms with Gasteiger partial charge in [-0.05, 0) is 184 Å². The van der Waals surface area contributed by atoms with Crippen LogP contribution in [0.3, 0.4) is 0 Å². The van der Waals surface area contributed by atoms with Crippen molar-refractivity contribution in [1.82, 2.24) is 0 Å². The van der Waals surface area contributed by atoms with Gasteiger partial charge < -0.3 is 76.5 Å². The molecule has 2 N–H and O–H groups in total. The highest BCUT2D eigenvalue weighted by molar-refractivity contribution is 6.10. The van der Waals surface area contributed by atoms with Crippen LogP contribution in [-0.2, 0) is 115 Å². The normalized spacial score (nSPS) is 11.1. The smallest absolute Gasteiger partial charge is 0.129 e. The third-order valence-corrected chi connectivity index (χ3v) is 22.8. The van der Waals surface area contributed by atoms with Gasteiger partial charge in [0.15, 0.2) is 0 Å². The molecular weight excluding hydrogens is 1700 g/mol. The molecule has 0 unspecified atom stereocenters. The number of hydrogen-bond donors (Lipinski definition) is 2. The lowest BCUT2D eigenvalue weighted by atomic mass is 9.89. The quantitative estimate of drug-likeness (QED) is 0.0369. The van der Waals surface area contributed by atoms with Crippen LogP contribution in [0.4, 0.5) is 0 Å². The van der Waals surface area contributed by atoms with E-state index in [-0.39, 0.29) is 64.4 Å². The van der Waals surface area contributed by atoms with E-state index in [1.54, 1.807) is 0 Å². The minimum absolute atomic E-state index is 0.0382. The first kappa shape index (κ1) is 90.2. The summed E-state index contributed by atoms with van der Waals surface area (Å²) in [6, 6.07) is 135. The molecule has 0 radical (unpaired) electrons. The Hall–Kier alpha value is -16.4.